The van der Waals surface area contributed by atoms with Crippen molar-refractivity contribution in [1.82, 2.24) is 15.5 Å². The number of ketones is 1. The van der Waals surface area contributed by atoms with Crippen molar-refractivity contribution in [3.8, 4) is 5.75 Å². The summed E-state index contributed by atoms with van der Waals surface area (Å²) in [5, 5.41) is 5.76. The average molecular weight is 596 g/mol. The van der Waals surface area contributed by atoms with Crippen molar-refractivity contribution in [1.29, 1.82) is 0 Å². The van der Waals surface area contributed by atoms with Gasteiger partial charge in [-0.1, -0.05) is 60.7 Å². The number of amides is 2. The summed E-state index contributed by atoms with van der Waals surface area (Å²) < 4.78 is 40.8. The first-order chi connectivity index (χ1) is 20.3. The summed E-state index contributed by atoms with van der Waals surface area (Å²) in [6.45, 7) is 2.29. The van der Waals surface area contributed by atoms with E-state index in [0.29, 0.717) is 31.7 Å². The smallest absolute Gasteiger partial charge is 0.409 e. The van der Waals surface area contributed by atoms with Gasteiger partial charge in [0, 0.05) is 32.6 Å². The molecule has 0 unspecified atom stereocenters. The van der Waals surface area contributed by atoms with E-state index in [1.165, 1.54) is 24.3 Å². The fourth-order valence-electron chi connectivity index (χ4n) is 4.18. The summed E-state index contributed by atoms with van der Waals surface area (Å²) in [7, 11) is -4.01. The number of alkyl carbamates (subject to hydrolysis) is 1. The lowest BCUT2D eigenvalue weighted by molar-refractivity contribution is -0.121. The van der Waals surface area contributed by atoms with Crippen molar-refractivity contribution < 1.29 is 36.5 Å². The normalized spacial score (nSPS) is 14.0. The number of ether oxygens (including phenoxy) is 2. The molecule has 0 bridgehead atoms. The van der Waals surface area contributed by atoms with Gasteiger partial charge in [0.15, 0.2) is 5.78 Å². The molecule has 11 nitrogen and oxygen atoms in total. The lowest BCUT2D eigenvalue weighted by Crippen LogP contribution is -2.47. The maximum atomic E-state index is 13.1. The zero-order chi connectivity index (χ0) is 29.8. The van der Waals surface area contributed by atoms with Gasteiger partial charge in [-0.05, 0) is 41.8 Å². The lowest BCUT2D eigenvalue weighted by Gasteiger charge is -2.26. The molecule has 1 aliphatic heterocycles. The summed E-state index contributed by atoms with van der Waals surface area (Å²) in [6, 6.07) is 22.1. The van der Waals surface area contributed by atoms with Crippen LogP contribution in [0.1, 0.15) is 17.5 Å². The van der Waals surface area contributed by atoms with Gasteiger partial charge < -0.3 is 29.2 Å². The molecule has 2 N–H and O–H groups in total. The quantitative estimate of drug-likeness (QED) is 0.302. The van der Waals surface area contributed by atoms with Gasteiger partial charge >= 0.3 is 22.3 Å². The van der Waals surface area contributed by atoms with Crippen LogP contribution in [0, 0.1) is 0 Å². The molecular formula is C30H33N3O8S. The molecule has 2 amide bonds. The summed E-state index contributed by atoms with van der Waals surface area (Å²) in [4.78, 5) is 39.6. The SMILES string of the molecule is O=C(N[C@@H](Cc1ccc(OS(=O)(=O)c2ccccc2)cc1)C(=O)CCOC(=O)N1CCNCC1)OCc1ccccc1. The van der Waals surface area contributed by atoms with Crippen molar-refractivity contribution >= 4 is 28.1 Å². The molecule has 12 heteroatoms. The summed E-state index contributed by atoms with van der Waals surface area (Å²) in [5.41, 5.74) is 1.43. The molecule has 0 aromatic heterocycles. The van der Waals surface area contributed by atoms with Gasteiger partial charge in [-0.3, -0.25) is 4.79 Å². The lowest BCUT2D eigenvalue weighted by atomic mass is 10.0. The molecule has 1 aliphatic rings. The Hall–Kier alpha value is -4.42. The fraction of sp³-hybridized carbons (Fsp3) is 0.300. The van der Waals surface area contributed by atoms with Crippen molar-refractivity contribution in [3.05, 3.63) is 96.1 Å². The number of carbonyl (C=O) groups excluding carboxylic acids is 3. The highest BCUT2D eigenvalue weighted by atomic mass is 32.2. The number of Topliss-reactive ketones (excluding diaryl/α,β-unsaturated/α-hetero) is 1. The number of nitrogens with zero attached hydrogens (tertiary/aromatic N) is 1. The van der Waals surface area contributed by atoms with Crippen molar-refractivity contribution in [3.63, 3.8) is 0 Å². The summed E-state index contributed by atoms with van der Waals surface area (Å²) in [6.07, 6.45) is -1.28. The molecule has 1 atom stereocenters. The number of rotatable bonds is 12. The zero-order valence-corrected chi connectivity index (χ0v) is 23.8. The predicted octanol–water partition coefficient (Wildman–Crippen LogP) is 3.29. The second-order valence-electron chi connectivity index (χ2n) is 9.52. The Morgan fingerprint density at radius 3 is 2.14 bits per heavy atom. The van der Waals surface area contributed by atoms with E-state index in [1.807, 2.05) is 30.3 Å². The van der Waals surface area contributed by atoms with Gasteiger partial charge in [-0.2, -0.15) is 8.42 Å². The van der Waals surface area contributed by atoms with Crippen LogP contribution >= 0.6 is 0 Å². The van der Waals surface area contributed by atoms with Crippen molar-refractivity contribution in [2.75, 3.05) is 32.8 Å². The van der Waals surface area contributed by atoms with Gasteiger partial charge in [0.1, 0.15) is 23.9 Å². The van der Waals surface area contributed by atoms with Crippen LogP contribution in [0.3, 0.4) is 0 Å². The highest BCUT2D eigenvalue weighted by Crippen LogP contribution is 2.20. The summed E-state index contributed by atoms with van der Waals surface area (Å²) in [5.74, 6) is -0.257. The van der Waals surface area contributed by atoms with Gasteiger partial charge in [0.25, 0.3) is 0 Å². The van der Waals surface area contributed by atoms with E-state index in [4.69, 9.17) is 13.7 Å². The van der Waals surface area contributed by atoms with E-state index < -0.39 is 28.3 Å². The minimum atomic E-state index is -4.01. The number of nitrogens with one attached hydrogen (secondary N) is 2. The van der Waals surface area contributed by atoms with Crippen LogP contribution in [-0.2, 0) is 37.4 Å². The van der Waals surface area contributed by atoms with Crippen LogP contribution in [0.2, 0.25) is 0 Å². The van der Waals surface area contributed by atoms with Crippen molar-refractivity contribution in [2.45, 2.75) is 30.4 Å². The third-order valence-corrected chi connectivity index (χ3v) is 7.71. The molecule has 3 aromatic rings. The first-order valence-corrected chi connectivity index (χ1v) is 14.9. The molecule has 0 spiro atoms. The van der Waals surface area contributed by atoms with Crippen LogP contribution in [0.25, 0.3) is 0 Å². The summed E-state index contributed by atoms with van der Waals surface area (Å²) >= 11 is 0. The second-order valence-corrected chi connectivity index (χ2v) is 11.1. The molecule has 3 aromatic carbocycles. The van der Waals surface area contributed by atoms with E-state index in [1.54, 1.807) is 35.2 Å². The minimum absolute atomic E-state index is 0.0237. The van der Waals surface area contributed by atoms with Gasteiger partial charge in [-0.15, -0.1) is 0 Å². The maximum absolute atomic E-state index is 13.1. The second kappa shape index (κ2) is 15.0. The molecule has 1 fully saturated rings. The molecule has 0 radical (unpaired) electrons. The number of hydrogen-bond donors (Lipinski definition) is 2. The Morgan fingerprint density at radius 2 is 1.48 bits per heavy atom. The molecule has 4 rings (SSSR count). The minimum Gasteiger partial charge on any atom is -0.449 e. The predicted molar refractivity (Wildman–Crippen MR) is 153 cm³/mol. The van der Waals surface area contributed by atoms with Crippen LogP contribution in [0.5, 0.6) is 5.75 Å². The van der Waals surface area contributed by atoms with E-state index in [2.05, 4.69) is 10.6 Å². The third-order valence-electron chi connectivity index (χ3n) is 6.44. The largest absolute Gasteiger partial charge is 0.449 e. The highest BCUT2D eigenvalue weighted by molar-refractivity contribution is 7.87. The van der Waals surface area contributed by atoms with Crippen molar-refractivity contribution in [2.24, 2.45) is 0 Å². The van der Waals surface area contributed by atoms with E-state index in [-0.39, 0.29) is 42.5 Å². The molecule has 0 aliphatic carbocycles. The Labute approximate surface area is 244 Å². The topological polar surface area (TPSA) is 140 Å². The zero-order valence-electron chi connectivity index (χ0n) is 22.9. The molecule has 42 heavy (non-hydrogen) atoms. The Morgan fingerprint density at radius 1 is 0.833 bits per heavy atom. The number of hydrogen-bond acceptors (Lipinski definition) is 9. The first-order valence-electron chi connectivity index (χ1n) is 13.5. The van der Waals surface area contributed by atoms with Crippen LogP contribution in [0.15, 0.2) is 89.8 Å². The molecule has 0 saturated carbocycles. The molecule has 222 valence electrons. The van der Waals surface area contributed by atoms with Crippen LogP contribution in [-0.4, -0.2) is 70.1 Å². The average Bonchev–Trinajstić information content (AvgIpc) is 3.01. The molecule has 1 saturated heterocycles. The van der Waals surface area contributed by atoms with Crippen LogP contribution < -0.4 is 14.8 Å². The third kappa shape index (κ3) is 9.32. The maximum Gasteiger partial charge on any atom is 0.409 e. The van der Waals surface area contributed by atoms with E-state index in [0.717, 1.165) is 5.56 Å². The monoisotopic (exact) mass is 595 g/mol. The molecular weight excluding hydrogens is 562 g/mol. The Balaban J connectivity index is 1.37. The number of piperazine rings is 1. The first kappa shape index (κ1) is 30.5. The number of carbonyl (C=O) groups is 3. The van der Waals surface area contributed by atoms with Gasteiger partial charge in [0.2, 0.25) is 0 Å². The Kier molecular flexibility index (Phi) is 10.9. The van der Waals surface area contributed by atoms with Gasteiger partial charge in [0.05, 0.1) is 6.04 Å². The van der Waals surface area contributed by atoms with Crippen LogP contribution in [0.4, 0.5) is 9.59 Å². The number of benzene rings is 3. The fourth-order valence-corrected chi connectivity index (χ4v) is 5.13. The van der Waals surface area contributed by atoms with E-state index >= 15 is 0 Å². The highest BCUT2D eigenvalue weighted by Gasteiger charge is 2.24. The Bertz CT molecular complexity index is 1430. The standard InChI is InChI=1S/C30H33N3O8S/c34-28(15-20-39-30(36)33-18-16-31-17-19-33)27(32-29(35)40-22-24-7-3-1-4-8-24)21-23-11-13-25(14-12-23)41-42(37,38)26-9-5-2-6-10-26/h1-14,27,31H,15-22H2,(H,32,35)/t27-/m0/s1. The van der Waals surface area contributed by atoms with Gasteiger partial charge in [-0.25, -0.2) is 9.59 Å². The molecule has 1 heterocycles. The van der Waals surface area contributed by atoms with E-state index in [9.17, 15) is 22.8 Å².